The molecule has 3 rings (SSSR count). The van der Waals surface area contributed by atoms with Gasteiger partial charge in [-0.15, -0.1) is 11.8 Å². The van der Waals surface area contributed by atoms with E-state index in [0.29, 0.717) is 5.69 Å². The molecule has 2 heterocycles. The number of rotatable bonds is 3. The first kappa shape index (κ1) is 15.9. The molecule has 0 aliphatic carbocycles. The SMILES string of the molecule is CC(=Cc1cnc(C(=O)O)[nH]1)c1ccc2c(c1)C(C)(C)CCS2. The molecule has 23 heavy (non-hydrogen) atoms. The molecule has 2 N–H and O–H groups in total. The number of hydrogen-bond acceptors (Lipinski definition) is 3. The van der Waals surface area contributed by atoms with Crippen molar-refractivity contribution in [2.24, 2.45) is 0 Å². The van der Waals surface area contributed by atoms with E-state index in [9.17, 15) is 4.79 Å². The first-order valence-electron chi connectivity index (χ1n) is 7.61. The number of allylic oxidation sites excluding steroid dienone is 1. The zero-order chi connectivity index (χ0) is 16.6. The smallest absolute Gasteiger partial charge is 0.371 e. The summed E-state index contributed by atoms with van der Waals surface area (Å²) in [5.41, 5.74) is 4.54. The highest BCUT2D eigenvalue weighted by Gasteiger charge is 2.27. The van der Waals surface area contributed by atoms with Crippen molar-refractivity contribution in [3.05, 3.63) is 47.0 Å². The first-order valence-corrected chi connectivity index (χ1v) is 8.60. The molecule has 1 aromatic heterocycles. The number of carbonyl (C=O) groups is 1. The molecule has 0 bridgehead atoms. The van der Waals surface area contributed by atoms with E-state index in [2.05, 4.69) is 42.0 Å². The zero-order valence-electron chi connectivity index (χ0n) is 13.5. The highest BCUT2D eigenvalue weighted by molar-refractivity contribution is 7.99. The number of fused-ring (bicyclic) bond motifs is 1. The standard InChI is InChI=1S/C18H20N2O2S/c1-11(8-13-10-19-16(20-13)17(21)22)12-4-5-15-14(9-12)18(2,3)6-7-23-15/h4-5,8-10H,6-7H2,1-3H3,(H,19,20)(H,21,22). The lowest BCUT2D eigenvalue weighted by atomic mass is 9.80. The van der Waals surface area contributed by atoms with Crippen molar-refractivity contribution in [2.75, 3.05) is 5.75 Å². The topological polar surface area (TPSA) is 66.0 Å². The van der Waals surface area contributed by atoms with E-state index in [-0.39, 0.29) is 11.2 Å². The van der Waals surface area contributed by atoms with Gasteiger partial charge in [0.25, 0.3) is 0 Å². The van der Waals surface area contributed by atoms with Gasteiger partial charge in [0.15, 0.2) is 0 Å². The van der Waals surface area contributed by atoms with Crippen molar-refractivity contribution in [3.8, 4) is 0 Å². The number of benzene rings is 1. The van der Waals surface area contributed by atoms with Gasteiger partial charge in [0.2, 0.25) is 5.82 Å². The normalized spacial score (nSPS) is 16.9. The van der Waals surface area contributed by atoms with E-state index in [1.165, 1.54) is 22.6 Å². The van der Waals surface area contributed by atoms with Gasteiger partial charge in [-0.2, -0.15) is 0 Å². The molecular weight excluding hydrogens is 308 g/mol. The number of H-pyrrole nitrogens is 1. The number of hydrogen-bond donors (Lipinski definition) is 2. The maximum Gasteiger partial charge on any atom is 0.371 e. The van der Waals surface area contributed by atoms with Crippen molar-refractivity contribution in [1.29, 1.82) is 0 Å². The van der Waals surface area contributed by atoms with Crippen LogP contribution < -0.4 is 0 Å². The lowest BCUT2D eigenvalue weighted by Gasteiger charge is -2.32. The Hall–Kier alpha value is -2.01. The summed E-state index contributed by atoms with van der Waals surface area (Å²) in [5.74, 6) is 0.0854. The van der Waals surface area contributed by atoms with Crippen LogP contribution in [-0.4, -0.2) is 26.8 Å². The molecule has 1 aliphatic heterocycles. The van der Waals surface area contributed by atoms with E-state index >= 15 is 0 Å². The molecule has 0 radical (unpaired) electrons. The van der Waals surface area contributed by atoms with E-state index in [1.54, 1.807) is 6.20 Å². The van der Waals surface area contributed by atoms with Gasteiger partial charge in [-0.25, -0.2) is 9.78 Å². The van der Waals surface area contributed by atoms with E-state index in [0.717, 1.165) is 11.1 Å². The fourth-order valence-corrected chi connectivity index (χ4v) is 4.30. The van der Waals surface area contributed by atoms with Gasteiger partial charge in [0.05, 0.1) is 11.9 Å². The number of aromatic carboxylic acids is 1. The molecule has 0 amide bonds. The van der Waals surface area contributed by atoms with Crippen LogP contribution in [0.15, 0.2) is 29.3 Å². The summed E-state index contributed by atoms with van der Waals surface area (Å²) in [4.78, 5) is 18.9. The molecule has 2 aromatic rings. The molecule has 0 unspecified atom stereocenters. The minimum atomic E-state index is -1.05. The van der Waals surface area contributed by atoms with E-state index < -0.39 is 5.97 Å². The van der Waals surface area contributed by atoms with Crippen molar-refractivity contribution in [3.63, 3.8) is 0 Å². The number of aromatic nitrogens is 2. The summed E-state index contributed by atoms with van der Waals surface area (Å²) >= 11 is 1.92. The number of imidazole rings is 1. The zero-order valence-corrected chi connectivity index (χ0v) is 14.3. The Morgan fingerprint density at radius 2 is 2.22 bits per heavy atom. The van der Waals surface area contributed by atoms with Crippen LogP contribution in [0.25, 0.3) is 11.6 Å². The Labute approximate surface area is 140 Å². The van der Waals surface area contributed by atoms with Crippen LogP contribution in [0.4, 0.5) is 0 Å². The number of nitrogens with zero attached hydrogens (tertiary/aromatic N) is 1. The third-order valence-corrected chi connectivity index (χ3v) is 5.39. The van der Waals surface area contributed by atoms with Crippen LogP contribution in [0.5, 0.6) is 0 Å². The Bertz CT molecular complexity index is 790. The van der Waals surface area contributed by atoms with Gasteiger partial charge in [-0.1, -0.05) is 19.9 Å². The number of thioether (sulfide) groups is 1. The average Bonchev–Trinajstić information content (AvgIpc) is 2.95. The monoisotopic (exact) mass is 328 g/mol. The molecule has 0 spiro atoms. The van der Waals surface area contributed by atoms with Crippen LogP contribution in [0.3, 0.4) is 0 Å². The molecule has 5 heteroatoms. The minimum Gasteiger partial charge on any atom is -0.475 e. The molecule has 1 aromatic carbocycles. The predicted octanol–water partition coefficient (Wildman–Crippen LogP) is 4.44. The van der Waals surface area contributed by atoms with Gasteiger partial charge in [0.1, 0.15) is 0 Å². The fourth-order valence-electron chi connectivity index (χ4n) is 2.81. The van der Waals surface area contributed by atoms with Crippen molar-refractivity contribution >= 4 is 29.4 Å². The van der Waals surface area contributed by atoms with Gasteiger partial charge in [-0.05, 0) is 59.4 Å². The Morgan fingerprint density at radius 1 is 1.43 bits per heavy atom. The highest BCUT2D eigenvalue weighted by atomic mass is 32.2. The van der Waals surface area contributed by atoms with Crippen LogP contribution in [0, 0.1) is 0 Å². The summed E-state index contributed by atoms with van der Waals surface area (Å²) in [7, 11) is 0. The summed E-state index contributed by atoms with van der Waals surface area (Å²) in [6.45, 7) is 6.62. The number of carboxylic acids is 1. The molecule has 1 aliphatic rings. The van der Waals surface area contributed by atoms with Gasteiger partial charge >= 0.3 is 5.97 Å². The van der Waals surface area contributed by atoms with Crippen molar-refractivity contribution in [1.82, 2.24) is 9.97 Å². The molecule has 0 saturated heterocycles. The number of aromatic amines is 1. The molecule has 4 nitrogen and oxygen atoms in total. The van der Waals surface area contributed by atoms with Gasteiger partial charge in [-0.3, -0.25) is 0 Å². The highest BCUT2D eigenvalue weighted by Crippen LogP contribution is 2.42. The van der Waals surface area contributed by atoms with Crippen LogP contribution in [0.1, 0.15) is 54.6 Å². The Balaban J connectivity index is 1.94. The average molecular weight is 328 g/mol. The third-order valence-electron chi connectivity index (χ3n) is 4.32. The maximum atomic E-state index is 10.9. The third kappa shape index (κ3) is 3.20. The summed E-state index contributed by atoms with van der Waals surface area (Å²) in [5, 5.41) is 8.92. The largest absolute Gasteiger partial charge is 0.475 e. The second-order valence-corrected chi connectivity index (χ2v) is 7.65. The second kappa shape index (κ2) is 5.89. The summed E-state index contributed by atoms with van der Waals surface area (Å²) < 4.78 is 0. The summed E-state index contributed by atoms with van der Waals surface area (Å²) in [6, 6.07) is 6.60. The molecule has 0 saturated carbocycles. The molecule has 120 valence electrons. The molecular formula is C18H20N2O2S. The van der Waals surface area contributed by atoms with Gasteiger partial charge in [0, 0.05) is 4.90 Å². The van der Waals surface area contributed by atoms with Crippen LogP contribution in [-0.2, 0) is 5.41 Å². The van der Waals surface area contributed by atoms with Crippen molar-refractivity contribution < 1.29 is 9.90 Å². The Morgan fingerprint density at radius 3 is 2.91 bits per heavy atom. The summed E-state index contributed by atoms with van der Waals surface area (Å²) in [6.07, 6.45) is 4.66. The lowest BCUT2D eigenvalue weighted by molar-refractivity contribution is 0.0684. The number of nitrogens with one attached hydrogen (secondary N) is 1. The lowest BCUT2D eigenvalue weighted by Crippen LogP contribution is -2.22. The van der Waals surface area contributed by atoms with Crippen LogP contribution >= 0.6 is 11.8 Å². The second-order valence-electron chi connectivity index (χ2n) is 6.51. The minimum absolute atomic E-state index is 0.0352. The van der Waals surface area contributed by atoms with E-state index in [4.69, 9.17) is 5.11 Å². The Kier molecular flexibility index (Phi) is 4.06. The first-order chi connectivity index (χ1) is 10.9. The fraction of sp³-hybridized carbons (Fsp3) is 0.333. The van der Waals surface area contributed by atoms with Crippen molar-refractivity contribution in [2.45, 2.75) is 37.5 Å². The van der Waals surface area contributed by atoms with E-state index in [1.807, 2.05) is 24.8 Å². The van der Waals surface area contributed by atoms with Crippen LogP contribution in [0.2, 0.25) is 0 Å². The molecule has 0 fully saturated rings. The van der Waals surface area contributed by atoms with Gasteiger partial charge < -0.3 is 10.1 Å². The quantitative estimate of drug-likeness (QED) is 0.874. The maximum absolute atomic E-state index is 10.9. The molecule has 0 atom stereocenters. The number of carboxylic acid groups (broad SMARTS) is 1. The predicted molar refractivity (Wildman–Crippen MR) is 93.9 cm³/mol.